The van der Waals surface area contributed by atoms with Gasteiger partial charge in [0.05, 0.1) is 5.70 Å². The van der Waals surface area contributed by atoms with Crippen LogP contribution in [0.4, 0.5) is 5.69 Å². The fourth-order valence-corrected chi connectivity index (χ4v) is 1.11. The first kappa shape index (κ1) is 9.61. The predicted octanol–water partition coefficient (Wildman–Crippen LogP) is 1.44. The molecule has 0 aromatic heterocycles. The lowest BCUT2D eigenvalue weighted by molar-refractivity contribution is 0.442. The smallest absolute Gasteiger partial charge is 0.0538 e. The highest BCUT2D eigenvalue weighted by molar-refractivity contribution is 5.72. The van der Waals surface area contributed by atoms with Gasteiger partial charge in [-0.15, -0.1) is 0 Å². The van der Waals surface area contributed by atoms with Gasteiger partial charge in [0, 0.05) is 17.8 Å². The molecule has 0 spiro atoms. The van der Waals surface area contributed by atoms with E-state index in [1.807, 2.05) is 31.2 Å². The number of nitrogens with zero attached hydrogens (tertiary/aromatic N) is 1. The number of benzene rings is 1. The zero-order chi connectivity index (χ0) is 9.84. The maximum absolute atomic E-state index is 5.77. The van der Waals surface area contributed by atoms with Crippen LogP contribution in [0, 0.1) is 0 Å². The van der Waals surface area contributed by atoms with Crippen molar-refractivity contribution in [3.63, 3.8) is 0 Å². The molecule has 70 valence electrons. The molecule has 0 aliphatic heterocycles. The van der Waals surface area contributed by atoms with Crippen molar-refractivity contribution in [2.24, 2.45) is 5.84 Å². The van der Waals surface area contributed by atoms with Crippen LogP contribution in [0.5, 0.6) is 0 Å². The number of hydrogen-bond donors (Lipinski definition) is 2. The summed E-state index contributed by atoms with van der Waals surface area (Å²) < 4.78 is 0. The van der Waals surface area contributed by atoms with Crippen LogP contribution in [0.15, 0.2) is 30.8 Å². The lowest BCUT2D eigenvalue weighted by Crippen LogP contribution is -2.28. The Morgan fingerprint density at radius 3 is 2.62 bits per heavy atom. The highest BCUT2D eigenvalue weighted by Gasteiger charge is 2.05. The van der Waals surface area contributed by atoms with E-state index in [2.05, 4.69) is 6.58 Å². The highest BCUT2D eigenvalue weighted by atomic mass is 15.4. The lowest BCUT2D eigenvalue weighted by atomic mass is 10.1. The van der Waals surface area contributed by atoms with E-state index >= 15 is 0 Å². The molecule has 13 heavy (non-hydrogen) atoms. The number of nitrogens with two attached hydrogens (primary N) is 2. The van der Waals surface area contributed by atoms with Gasteiger partial charge in [0.2, 0.25) is 0 Å². The number of rotatable bonds is 3. The minimum Gasteiger partial charge on any atom is -0.398 e. The molecule has 0 saturated heterocycles. The van der Waals surface area contributed by atoms with E-state index in [1.54, 1.807) is 5.01 Å². The van der Waals surface area contributed by atoms with E-state index in [0.717, 1.165) is 11.3 Å². The Balaban J connectivity index is 2.95. The molecule has 0 atom stereocenters. The number of hydrazine groups is 1. The maximum atomic E-state index is 5.77. The van der Waals surface area contributed by atoms with Gasteiger partial charge in [-0.2, -0.15) is 0 Å². The van der Waals surface area contributed by atoms with E-state index in [4.69, 9.17) is 11.6 Å². The number of nitrogen functional groups attached to an aromatic ring is 1. The van der Waals surface area contributed by atoms with Crippen LogP contribution >= 0.6 is 0 Å². The monoisotopic (exact) mass is 177 g/mol. The standard InChI is InChI=1S/C10H15N3/c1-3-13(12)8(2)9-6-4-5-7-10(9)11/h4-7H,2-3,11-12H2,1H3. The van der Waals surface area contributed by atoms with Crippen molar-refractivity contribution in [1.29, 1.82) is 0 Å². The zero-order valence-electron chi connectivity index (χ0n) is 7.83. The second-order valence-corrected chi connectivity index (χ2v) is 2.82. The molecule has 0 bridgehead atoms. The molecule has 1 aromatic rings. The minimum absolute atomic E-state index is 0.705. The Kier molecular flexibility index (Phi) is 2.93. The number of anilines is 1. The molecule has 0 heterocycles. The van der Waals surface area contributed by atoms with Crippen LogP contribution in [0.1, 0.15) is 12.5 Å². The Labute approximate surface area is 78.6 Å². The summed E-state index contributed by atoms with van der Waals surface area (Å²) in [5.74, 6) is 5.70. The average molecular weight is 177 g/mol. The van der Waals surface area contributed by atoms with Crippen molar-refractivity contribution in [2.75, 3.05) is 12.3 Å². The molecule has 3 heteroatoms. The van der Waals surface area contributed by atoms with E-state index in [-0.39, 0.29) is 0 Å². The van der Waals surface area contributed by atoms with Gasteiger partial charge in [0.25, 0.3) is 0 Å². The lowest BCUT2D eigenvalue weighted by Gasteiger charge is -2.20. The van der Waals surface area contributed by atoms with Crippen LogP contribution in [0.2, 0.25) is 0 Å². The predicted molar refractivity (Wildman–Crippen MR) is 56.5 cm³/mol. The second-order valence-electron chi connectivity index (χ2n) is 2.82. The summed E-state index contributed by atoms with van der Waals surface area (Å²) in [6.07, 6.45) is 0. The molecule has 0 amide bonds. The molecule has 0 unspecified atom stereocenters. The molecule has 0 fully saturated rings. The van der Waals surface area contributed by atoms with Gasteiger partial charge in [0.1, 0.15) is 0 Å². The van der Waals surface area contributed by atoms with Gasteiger partial charge in [-0.3, -0.25) is 0 Å². The van der Waals surface area contributed by atoms with Crippen molar-refractivity contribution in [3.8, 4) is 0 Å². The largest absolute Gasteiger partial charge is 0.398 e. The molecular formula is C10H15N3. The second kappa shape index (κ2) is 3.96. The highest BCUT2D eigenvalue weighted by Crippen LogP contribution is 2.20. The van der Waals surface area contributed by atoms with E-state index < -0.39 is 0 Å². The van der Waals surface area contributed by atoms with Crippen LogP contribution in [0.3, 0.4) is 0 Å². The topological polar surface area (TPSA) is 55.3 Å². The third kappa shape index (κ3) is 2.00. The first-order chi connectivity index (χ1) is 6.16. The minimum atomic E-state index is 0.705. The first-order valence-corrected chi connectivity index (χ1v) is 4.22. The average Bonchev–Trinajstić information content (AvgIpc) is 2.16. The quantitative estimate of drug-likeness (QED) is 0.417. The molecule has 3 nitrogen and oxygen atoms in total. The molecule has 0 aliphatic rings. The number of para-hydroxylation sites is 1. The Hall–Kier alpha value is -1.48. The molecule has 1 rings (SSSR count). The van der Waals surface area contributed by atoms with Crippen LogP contribution in [-0.2, 0) is 0 Å². The van der Waals surface area contributed by atoms with Crippen molar-refractivity contribution in [2.45, 2.75) is 6.92 Å². The maximum Gasteiger partial charge on any atom is 0.0538 e. The van der Waals surface area contributed by atoms with Gasteiger partial charge in [-0.05, 0) is 13.0 Å². The van der Waals surface area contributed by atoms with Crippen LogP contribution in [0.25, 0.3) is 5.70 Å². The summed E-state index contributed by atoms with van der Waals surface area (Å²) >= 11 is 0. The molecule has 1 aromatic carbocycles. The molecule has 0 saturated carbocycles. The molecule has 4 N–H and O–H groups in total. The van der Waals surface area contributed by atoms with Crippen molar-refractivity contribution < 1.29 is 0 Å². The van der Waals surface area contributed by atoms with Crippen LogP contribution < -0.4 is 11.6 Å². The summed E-state index contributed by atoms with van der Waals surface area (Å²) in [6, 6.07) is 7.55. The normalized spacial score (nSPS) is 9.69. The van der Waals surface area contributed by atoms with Gasteiger partial charge in [-0.1, -0.05) is 24.8 Å². The van der Waals surface area contributed by atoms with Gasteiger partial charge >= 0.3 is 0 Å². The van der Waals surface area contributed by atoms with E-state index in [1.165, 1.54) is 0 Å². The summed E-state index contributed by atoms with van der Waals surface area (Å²) in [5, 5.41) is 1.58. The van der Waals surface area contributed by atoms with Crippen molar-refractivity contribution in [3.05, 3.63) is 36.4 Å². The van der Waals surface area contributed by atoms with Gasteiger partial charge in [-0.25, -0.2) is 5.84 Å². The van der Waals surface area contributed by atoms with Gasteiger partial charge in [0.15, 0.2) is 0 Å². The van der Waals surface area contributed by atoms with Crippen LogP contribution in [-0.4, -0.2) is 11.6 Å². The summed E-state index contributed by atoms with van der Waals surface area (Å²) in [6.45, 7) is 6.56. The van der Waals surface area contributed by atoms with E-state index in [9.17, 15) is 0 Å². The third-order valence-electron chi connectivity index (χ3n) is 1.96. The fraction of sp³-hybridized carbons (Fsp3) is 0.200. The Bertz CT molecular complexity index is 307. The van der Waals surface area contributed by atoms with Crippen molar-refractivity contribution >= 4 is 11.4 Å². The number of hydrogen-bond acceptors (Lipinski definition) is 3. The first-order valence-electron chi connectivity index (χ1n) is 4.22. The Morgan fingerprint density at radius 2 is 2.08 bits per heavy atom. The molecular weight excluding hydrogens is 162 g/mol. The Morgan fingerprint density at radius 1 is 1.46 bits per heavy atom. The third-order valence-corrected chi connectivity index (χ3v) is 1.96. The summed E-state index contributed by atoms with van der Waals surface area (Å²) in [7, 11) is 0. The van der Waals surface area contributed by atoms with Gasteiger partial charge < -0.3 is 10.7 Å². The zero-order valence-corrected chi connectivity index (χ0v) is 7.83. The SMILES string of the molecule is C=C(c1ccccc1N)N(N)CC. The fourth-order valence-electron chi connectivity index (χ4n) is 1.11. The molecule has 0 aliphatic carbocycles. The summed E-state index contributed by atoms with van der Waals surface area (Å²) in [5.41, 5.74) is 8.12. The van der Waals surface area contributed by atoms with E-state index in [0.29, 0.717) is 12.2 Å². The summed E-state index contributed by atoms with van der Waals surface area (Å²) in [4.78, 5) is 0. The molecule has 0 radical (unpaired) electrons. The van der Waals surface area contributed by atoms with Crippen molar-refractivity contribution in [1.82, 2.24) is 5.01 Å².